The molecule has 0 aliphatic rings. The van der Waals surface area contributed by atoms with Gasteiger partial charge < -0.3 is 0 Å². The molecule has 0 radical (unpaired) electrons. The minimum atomic E-state index is -0.209. The van der Waals surface area contributed by atoms with Gasteiger partial charge in [-0.2, -0.15) is 0 Å². The van der Waals surface area contributed by atoms with Crippen molar-refractivity contribution >= 4 is 22.8 Å². The zero-order valence-electron chi connectivity index (χ0n) is 13.2. The third-order valence-electron chi connectivity index (χ3n) is 3.97. The molecular formula is C18H14ClN5O. The van der Waals surface area contributed by atoms with Gasteiger partial charge in [0.15, 0.2) is 11.2 Å². The molecule has 2 aromatic heterocycles. The number of nitrogens with zero attached hydrogens (tertiary/aromatic N) is 5. The van der Waals surface area contributed by atoms with Crippen LogP contribution >= 0.6 is 11.6 Å². The van der Waals surface area contributed by atoms with Crippen molar-refractivity contribution in [2.45, 2.75) is 13.1 Å². The van der Waals surface area contributed by atoms with Crippen molar-refractivity contribution in [1.29, 1.82) is 0 Å². The second-order valence-corrected chi connectivity index (χ2v) is 6.08. The number of fused-ring (bicyclic) bond motifs is 1. The number of halogens is 1. The monoisotopic (exact) mass is 351 g/mol. The van der Waals surface area contributed by atoms with Crippen molar-refractivity contribution in [3.8, 4) is 0 Å². The Bertz CT molecular complexity index is 1090. The first-order valence-corrected chi connectivity index (χ1v) is 8.16. The molecule has 0 saturated heterocycles. The van der Waals surface area contributed by atoms with E-state index in [4.69, 9.17) is 11.6 Å². The van der Waals surface area contributed by atoms with Crippen LogP contribution in [0.5, 0.6) is 0 Å². The van der Waals surface area contributed by atoms with Crippen LogP contribution in [-0.4, -0.2) is 24.5 Å². The van der Waals surface area contributed by atoms with Gasteiger partial charge in [0.1, 0.15) is 6.33 Å². The maximum Gasteiger partial charge on any atom is 0.283 e. The molecule has 124 valence electrons. The normalized spacial score (nSPS) is 11.1. The lowest BCUT2D eigenvalue weighted by molar-refractivity contribution is 0.663. The van der Waals surface area contributed by atoms with Crippen LogP contribution in [0.1, 0.15) is 11.1 Å². The van der Waals surface area contributed by atoms with E-state index in [2.05, 4.69) is 15.3 Å². The molecule has 0 amide bonds. The first-order valence-electron chi connectivity index (χ1n) is 7.78. The second-order valence-electron chi connectivity index (χ2n) is 5.67. The summed E-state index contributed by atoms with van der Waals surface area (Å²) < 4.78 is 3.12. The fourth-order valence-corrected chi connectivity index (χ4v) is 2.87. The minimum absolute atomic E-state index is 0.209. The maximum atomic E-state index is 12.6. The molecule has 2 heterocycles. The van der Waals surface area contributed by atoms with Crippen LogP contribution < -0.4 is 5.56 Å². The van der Waals surface area contributed by atoms with Crippen molar-refractivity contribution < 1.29 is 0 Å². The molecule has 0 bridgehead atoms. The van der Waals surface area contributed by atoms with Crippen LogP contribution in [-0.2, 0) is 13.1 Å². The van der Waals surface area contributed by atoms with Gasteiger partial charge in [0, 0.05) is 5.02 Å². The predicted molar refractivity (Wildman–Crippen MR) is 95.7 cm³/mol. The highest BCUT2D eigenvalue weighted by atomic mass is 35.5. The number of rotatable bonds is 4. The Hall–Kier alpha value is -2.99. The van der Waals surface area contributed by atoms with Crippen LogP contribution in [0.2, 0.25) is 5.02 Å². The summed E-state index contributed by atoms with van der Waals surface area (Å²) in [6.07, 6.45) is 1.53. The fraction of sp³-hybridized carbons (Fsp3) is 0.111. The SMILES string of the molecule is O=c1c2nnn(Cc3ccccc3Cl)c2ncn1Cc1ccccc1. The Kier molecular flexibility index (Phi) is 4.03. The first-order chi connectivity index (χ1) is 12.2. The molecule has 0 atom stereocenters. The number of aromatic nitrogens is 5. The van der Waals surface area contributed by atoms with Crippen molar-refractivity contribution in [3.63, 3.8) is 0 Å². The molecule has 0 N–H and O–H groups in total. The summed E-state index contributed by atoms with van der Waals surface area (Å²) >= 11 is 6.19. The van der Waals surface area contributed by atoms with Crippen LogP contribution in [0.3, 0.4) is 0 Å². The van der Waals surface area contributed by atoms with Gasteiger partial charge in [0.05, 0.1) is 13.1 Å². The fourth-order valence-electron chi connectivity index (χ4n) is 2.67. The van der Waals surface area contributed by atoms with Gasteiger partial charge in [-0.1, -0.05) is 65.3 Å². The highest BCUT2D eigenvalue weighted by molar-refractivity contribution is 6.31. The van der Waals surface area contributed by atoms with E-state index in [-0.39, 0.29) is 11.1 Å². The van der Waals surface area contributed by atoms with E-state index in [1.807, 2.05) is 54.6 Å². The molecule has 0 aliphatic carbocycles. The first kappa shape index (κ1) is 15.5. The lowest BCUT2D eigenvalue weighted by Gasteiger charge is -2.06. The van der Waals surface area contributed by atoms with Crippen molar-refractivity contribution in [1.82, 2.24) is 24.5 Å². The summed E-state index contributed by atoms with van der Waals surface area (Å²) in [6.45, 7) is 0.852. The molecule has 4 rings (SSSR count). The van der Waals surface area contributed by atoms with Gasteiger partial charge in [-0.25, -0.2) is 9.67 Å². The summed E-state index contributed by atoms with van der Waals surface area (Å²) in [5.41, 5.74) is 2.42. The minimum Gasteiger partial charge on any atom is -0.293 e. The Labute approximate surface area is 148 Å². The van der Waals surface area contributed by atoms with Gasteiger partial charge in [-0.05, 0) is 17.2 Å². The maximum absolute atomic E-state index is 12.6. The number of hydrogen-bond donors (Lipinski definition) is 0. The lowest BCUT2D eigenvalue weighted by Crippen LogP contribution is -2.21. The van der Waals surface area contributed by atoms with Gasteiger partial charge in [-0.3, -0.25) is 9.36 Å². The summed E-state index contributed by atoms with van der Waals surface area (Å²) in [5.74, 6) is 0. The molecule has 6 nitrogen and oxygen atoms in total. The molecule has 0 unspecified atom stereocenters. The van der Waals surface area contributed by atoms with E-state index in [0.717, 1.165) is 11.1 Å². The average Bonchev–Trinajstić information content (AvgIpc) is 3.04. The summed E-state index contributed by atoms with van der Waals surface area (Å²) in [4.78, 5) is 17.0. The molecule has 7 heteroatoms. The molecule has 0 spiro atoms. The zero-order chi connectivity index (χ0) is 17.2. The topological polar surface area (TPSA) is 65.6 Å². The largest absolute Gasteiger partial charge is 0.293 e. The lowest BCUT2D eigenvalue weighted by atomic mass is 10.2. The highest BCUT2D eigenvalue weighted by Crippen LogP contribution is 2.17. The van der Waals surface area contributed by atoms with Crippen LogP contribution in [0.15, 0.2) is 65.7 Å². The summed E-state index contributed by atoms with van der Waals surface area (Å²) in [6, 6.07) is 17.2. The standard InChI is InChI=1S/C18H14ClN5O/c19-15-9-5-4-8-14(15)11-24-17-16(21-22-24)18(25)23(12-20-17)10-13-6-2-1-3-7-13/h1-9,12H,10-11H2. The third kappa shape index (κ3) is 3.04. The molecule has 2 aromatic carbocycles. The van der Waals surface area contributed by atoms with Crippen LogP contribution in [0, 0.1) is 0 Å². The van der Waals surface area contributed by atoms with E-state index >= 15 is 0 Å². The third-order valence-corrected chi connectivity index (χ3v) is 4.33. The summed E-state index contributed by atoms with van der Waals surface area (Å²) in [7, 11) is 0. The number of benzene rings is 2. The van der Waals surface area contributed by atoms with Crippen molar-refractivity contribution in [2.75, 3.05) is 0 Å². The average molecular weight is 352 g/mol. The molecule has 0 saturated carbocycles. The van der Waals surface area contributed by atoms with E-state index in [1.54, 1.807) is 4.68 Å². The van der Waals surface area contributed by atoms with Gasteiger partial charge in [0.2, 0.25) is 0 Å². The molecule has 4 aromatic rings. The highest BCUT2D eigenvalue weighted by Gasteiger charge is 2.13. The van der Waals surface area contributed by atoms with E-state index < -0.39 is 0 Å². The van der Waals surface area contributed by atoms with E-state index in [1.165, 1.54) is 10.9 Å². The van der Waals surface area contributed by atoms with Crippen molar-refractivity contribution in [3.05, 3.63) is 87.4 Å². The van der Waals surface area contributed by atoms with Crippen LogP contribution in [0.4, 0.5) is 0 Å². The van der Waals surface area contributed by atoms with Crippen LogP contribution in [0.25, 0.3) is 11.2 Å². The molecule has 0 fully saturated rings. The predicted octanol–water partition coefficient (Wildman–Crippen LogP) is 2.74. The Morgan fingerprint density at radius 1 is 0.960 bits per heavy atom. The van der Waals surface area contributed by atoms with Gasteiger partial charge >= 0.3 is 0 Å². The Morgan fingerprint density at radius 3 is 2.52 bits per heavy atom. The molecular weight excluding hydrogens is 338 g/mol. The van der Waals surface area contributed by atoms with E-state index in [9.17, 15) is 4.79 Å². The second kappa shape index (κ2) is 6.49. The van der Waals surface area contributed by atoms with E-state index in [0.29, 0.717) is 23.8 Å². The molecule has 25 heavy (non-hydrogen) atoms. The van der Waals surface area contributed by atoms with Gasteiger partial charge in [0.25, 0.3) is 5.56 Å². The quantitative estimate of drug-likeness (QED) is 0.567. The zero-order valence-corrected chi connectivity index (χ0v) is 14.0. The van der Waals surface area contributed by atoms with Crippen molar-refractivity contribution in [2.24, 2.45) is 0 Å². The summed E-state index contributed by atoms with van der Waals surface area (Å²) in [5, 5.41) is 8.74. The Balaban J connectivity index is 1.70. The molecule has 0 aliphatic heterocycles. The number of hydrogen-bond acceptors (Lipinski definition) is 4. The Morgan fingerprint density at radius 2 is 1.72 bits per heavy atom. The van der Waals surface area contributed by atoms with Gasteiger partial charge in [-0.15, -0.1) is 5.10 Å². The smallest absolute Gasteiger partial charge is 0.283 e.